The molecule has 1 aliphatic rings. The standard InChI is InChI=1S/C19H28N4O.ClH/c1-2-12-23-17-10-5-4-9-16(17)18(21-23)19(24)20-11-8-15-22-13-6-3-7-14-22;/h4-5,9-10H,2-3,6-8,11-15H2,1H3,(H,20,24);1H. The van der Waals surface area contributed by atoms with Crippen LogP contribution in [0.4, 0.5) is 0 Å². The Hall–Kier alpha value is -1.59. The maximum atomic E-state index is 12.5. The Morgan fingerprint density at radius 3 is 2.68 bits per heavy atom. The second-order valence-electron chi connectivity index (χ2n) is 6.60. The third-order valence-electron chi connectivity index (χ3n) is 4.69. The highest BCUT2D eigenvalue weighted by atomic mass is 35.5. The lowest BCUT2D eigenvalue weighted by atomic mass is 10.1. The maximum absolute atomic E-state index is 12.5. The van der Waals surface area contributed by atoms with Gasteiger partial charge in [0, 0.05) is 18.5 Å². The van der Waals surface area contributed by atoms with Crippen LogP contribution in [-0.4, -0.2) is 46.8 Å². The van der Waals surface area contributed by atoms with Crippen LogP contribution in [0.1, 0.15) is 49.5 Å². The average molecular weight is 365 g/mol. The van der Waals surface area contributed by atoms with Crippen LogP contribution in [0.25, 0.3) is 10.9 Å². The summed E-state index contributed by atoms with van der Waals surface area (Å²) in [5, 5.41) is 8.53. The molecule has 0 spiro atoms. The SMILES string of the molecule is CCCn1nc(C(=O)NCCCN2CCCCC2)c2ccccc21.Cl. The molecule has 1 aromatic heterocycles. The van der Waals surface area contributed by atoms with Gasteiger partial charge in [-0.25, -0.2) is 0 Å². The number of para-hydroxylation sites is 1. The van der Waals surface area contributed by atoms with Crippen LogP contribution in [-0.2, 0) is 6.54 Å². The first kappa shape index (κ1) is 19.7. The number of carbonyl (C=O) groups is 1. The molecule has 1 N–H and O–H groups in total. The topological polar surface area (TPSA) is 50.2 Å². The van der Waals surface area contributed by atoms with Crippen molar-refractivity contribution in [3.63, 3.8) is 0 Å². The van der Waals surface area contributed by atoms with Crippen LogP contribution >= 0.6 is 12.4 Å². The minimum absolute atomic E-state index is 0. The summed E-state index contributed by atoms with van der Waals surface area (Å²) >= 11 is 0. The Bertz CT molecular complexity index is 679. The Morgan fingerprint density at radius 2 is 1.92 bits per heavy atom. The molecular formula is C19H29ClN4O. The quantitative estimate of drug-likeness (QED) is 0.765. The van der Waals surface area contributed by atoms with E-state index >= 15 is 0 Å². The van der Waals surface area contributed by atoms with Gasteiger partial charge in [0.2, 0.25) is 0 Å². The average Bonchev–Trinajstić information content (AvgIpc) is 2.99. The number of rotatable bonds is 7. The molecule has 1 amide bonds. The lowest BCUT2D eigenvalue weighted by Crippen LogP contribution is -2.33. The van der Waals surface area contributed by atoms with Gasteiger partial charge in [-0.3, -0.25) is 9.48 Å². The maximum Gasteiger partial charge on any atom is 0.272 e. The third-order valence-corrected chi connectivity index (χ3v) is 4.69. The fourth-order valence-electron chi connectivity index (χ4n) is 3.45. The van der Waals surface area contributed by atoms with Crippen molar-refractivity contribution in [2.24, 2.45) is 0 Å². The monoisotopic (exact) mass is 364 g/mol. The molecule has 0 saturated carbocycles. The molecule has 0 bridgehead atoms. The lowest BCUT2D eigenvalue weighted by molar-refractivity contribution is 0.0946. The molecule has 2 heterocycles. The fraction of sp³-hybridized carbons (Fsp3) is 0.579. The summed E-state index contributed by atoms with van der Waals surface area (Å²) in [5.41, 5.74) is 1.59. The zero-order valence-electron chi connectivity index (χ0n) is 15.0. The number of halogens is 1. The summed E-state index contributed by atoms with van der Waals surface area (Å²) in [4.78, 5) is 15.0. The van der Waals surface area contributed by atoms with Crippen molar-refractivity contribution in [3.05, 3.63) is 30.0 Å². The van der Waals surface area contributed by atoms with Gasteiger partial charge in [-0.15, -0.1) is 12.4 Å². The van der Waals surface area contributed by atoms with Gasteiger partial charge in [0.15, 0.2) is 5.69 Å². The van der Waals surface area contributed by atoms with Crippen molar-refractivity contribution < 1.29 is 4.79 Å². The van der Waals surface area contributed by atoms with Gasteiger partial charge in [-0.2, -0.15) is 5.10 Å². The minimum atomic E-state index is -0.0558. The molecule has 1 aromatic carbocycles. The van der Waals surface area contributed by atoms with E-state index in [1.54, 1.807) is 0 Å². The predicted octanol–water partition coefficient (Wildman–Crippen LogP) is 3.47. The Morgan fingerprint density at radius 1 is 1.16 bits per heavy atom. The minimum Gasteiger partial charge on any atom is -0.351 e. The van der Waals surface area contributed by atoms with Crippen LogP contribution in [0.2, 0.25) is 0 Å². The summed E-state index contributed by atoms with van der Waals surface area (Å²) < 4.78 is 1.94. The Balaban J connectivity index is 0.00000225. The van der Waals surface area contributed by atoms with E-state index in [0.717, 1.165) is 36.8 Å². The molecule has 25 heavy (non-hydrogen) atoms. The van der Waals surface area contributed by atoms with Crippen molar-refractivity contribution in [1.29, 1.82) is 0 Å². The molecule has 0 radical (unpaired) electrons. The molecule has 1 fully saturated rings. The number of aromatic nitrogens is 2. The van der Waals surface area contributed by atoms with E-state index in [-0.39, 0.29) is 18.3 Å². The summed E-state index contributed by atoms with van der Waals surface area (Å²) in [6.45, 7) is 7.16. The number of nitrogens with zero attached hydrogens (tertiary/aromatic N) is 3. The number of aryl methyl sites for hydroxylation is 1. The molecule has 5 nitrogen and oxygen atoms in total. The number of hydrogen-bond donors (Lipinski definition) is 1. The largest absolute Gasteiger partial charge is 0.351 e. The Labute approximate surface area is 156 Å². The zero-order chi connectivity index (χ0) is 16.8. The number of carbonyl (C=O) groups excluding carboxylic acids is 1. The first-order chi connectivity index (χ1) is 11.8. The highest BCUT2D eigenvalue weighted by Crippen LogP contribution is 2.18. The van der Waals surface area contributed by atoms with Gasteiger partial charge in [0.25, 0.3) is 5.91 Å². The molecule has 2 aromatic rings. The first-order valence-corrected chi connectivity index (χ1v) is 9.25. The second kappa shape index (κ2) is 9.78. The molecule has 0 aliphatic carbocycles. The predicted molar refractivity (Wildman–Crippen MR) is 105 cm³/mol. The van der Waals surface area contributed by atoms with Crippen molar-refractivity contribution in [3.8, 4) is 0 Å². The molecule has 1 saturated heterocycles. The van der Waals surface area contributed by atoms with Gasteiger partial charge in [-0.05, 0) is 51.4 Å². The summed E-state index contributed by atoms with van der Waals surface area (Å²) in [7, 11) is 0. The molecule has 0 atom stereocenters. The zero-order valence-corrected chi connectivity index (χ0v) is 15.9. The number of amides is 1. The summed E-state index contributed by atoms with van der Waals surface area (Å²) in [6.07, 6.45) is 5.99. The number of piperidine rings is 1. The van der Waals surface area contributed by atoms with Gasteiger partial charge in [-0.1, -0.05) is 31.5 Å². The Kier molecular flexibility index (Phi) is 7.72. The molecule has 138 valence electrons. The molecule has 3 rings (SSSR count). The van der Waals surface area contributed by atoms with E-state index in [2.05, 4.69) is 22.2 Å². The van der Waals surface area contributed by atoms with E-state index in [0.29, 0.717) is 12.2 Å². The van der Waals surface area contributed by atoms with Crippen LogP contribution in [0.3, 0.4) is 0 Å². The highest BCUT2D eigenvalue weighted by molar-refractivity contribution is 6.04. The van der Waals surface area contributed by atoms with Crippen molar-refractivity contribution in [1.82, 2.24) is 20.0 Å². The number of likely N-dealkylation sites (tertiary alicyclic amines) is 1. The van der Waals surface area contributed by atoms with Crippen LogP contribution in [0, 0.1) is 0 Å². The van der Waals surface area contributed by atoms with Gasteiger partial charge >= 0.3 is 0 Å². The first-order valence-electron chi connectivity index (χ1n) is 9.25. The highest BCUT2D eigenvalue weighted by Gasteiger charge is 2.16. The molecule has 0 unspecified atom stereocenters. The smallest absolute Gasteiger partial charge is 0.272 e. The second-order valence-corrected chi connectivity index (χ2v) is 6.60. The van der Waals surface area contributed by atoms with E-state index in [1.807, 2.05) is 28.9 Å². The van der Waals surface area contributed by atoms with E-state index in [1.165, 1.54) is 32.4 Å². The molecular weight excluding hydrogens is 336 g/mol. The third kappa shape index (κ3) is 4.95. The summed E-state index contributed by atoms with van der Waals surface area (Å²) in [6, 6.07) is 7.98. The van der Waals surface area contributed by atoms with E-state index in [4.69, 9.17) is 0 Å². The number of fused-ring (bicyclic) bond motifs is 1. The van der Waals surface area contributed by atoms with E-state index in [9.17, 15) is 4.79 Å². The number of benzene rings is 1. The summed E-state index contributed by atoms with van der Waals surface area (Å²) in [5.74, 6) is -0.0558. The van der Waals surface area contributed by atoms with Crippen LogP contribution in [0.15, 0.2) is 24.3 Å². The number of nitrogens with one attached hydrogen (secondary N) is 1. The van der Waals surface area contributed by atoms with Gasteiger partial charge < -0.3 is 10.2 Å². The normalized spacial score (nSPS) is 15.1. The van der Waals surface area contributed by atoms with E-state index < -0.39 is 0 Å². The van der Waals surface area contributed by atoms with Crippen molar-refractivity contribution in [2.75, 3.05) is 26.2 Å². The van der Waals surface area contributed by atoms with Gasteiger partial charge in [0.05, 0.1) is 5.52 Å². The van der Waals surface area contributed by atoms with Crippen molar-refractivity contribution in [2.45, 2.75) is 45.6 Å². The molecule has 6 heteroatoms. The van der Waals surface area contributed by atoms with Gasteiger partial charge in [0.1, 0.15) is 0 Å². The van der Waals surface area contributed by atoms with Crippen molar-refractivity contribution >= 4 is 29.2 Å². The molecule has 1 aliphatic heterocycles. The number of hydrogen-bond acceptors (Lipinski definition) is 3. The van der Waals surface area contributed by atoms with Crippen LogP contribution in [0.5, 0.6) is 0 Å². The fourth-order valence-corrected chi connectivity index (χ4v) is 3.45. The lowest BCUT2D eigenvalue weighted by Gasteiger charge is -2.26. The van der Waals surface area contributed by atoms with Crippen LogP contribution < -0.4 is 5.32 Å².